The van der Waals surface area contributed by atoms with E-state index in [0.717, 1.165) is 11.1 Å². The van der Waals surface area contributed by atoms with Gasteiger partial charge < -0.3 is 15.4 Å². The van der Waals surface area contributed by atoms with E-state index in [4.69, 9.17) is 4.74 Å². The fourth-order valence-corrected chi connectivity index (χ4v) is 3.00. The number of methoxy groups -OCH3 is 1. The molecule has 2 amide bonds. The maximum absolute atomic E-state index is 12.9. The quantitative estimate of drug-likeness (QED) is 0.664. The van der Waals surface area contributed by atoms with Gasteiger partial charge in [-0.1, -0.05) is 72.8 Å². The molecule has 0 fully saturated rings. The molecule has 0 bridgehead atoms. The number of benzene rings is 3. The van der Waals surface area contributed by atoms with Crippen molar-refractivity contribution < 1.29 is 14.3 Å². The predicted molar refractivity (Wildman–Crippen MR) is 109 cm³/mol. The third-order valence-electron chi connectivity index (χ3n) is 4.33. The third kappa shape index (κ3) is 4.76. The first-order chi connectivity index (χ1) is 13.7. The van der Waals surface area contributed by atoms with Crippen LogP contribution in [0.2, 0.25) is 0 Å². The van der Waals surface area contributed by atoms with E-state index >= 15 is 0 Å². The van der Waals surface area contributed by atoms with Crippen molar-refractivity contribution in [1.29, 1.82) is 0 Å². The number of ether oxygens (including phenoxy) is 1. The molecule has 0 radical (unpaired) electrons. The van der Waals surface area contributed by atoms with Crippen LogP contribution in [0.3, 0.4) is 0 Å². The number of carbonyl (C=O) groups is 2. The number of amides is 2. The highest BCUT2D eigenvalue weighted by Crippen LogP contribution is 2.25. The Bertz CT molecular complexity index is 887. The topological polar surface area (TPSA) is 67.4 Å². The van der Waals surface area contributed by atoms with Gasteiger partial charge in [-0.05, 0) is 23.3 Å². The lowest BCUT2D eigenvalue weighted by Crippen LogP contribution is -2.36. The number of carbonyl (C=O) groups excluding carboxylic acids is 2. The van der Waals surface area contributed by atoms with Crippen LogP contribution in [0.4, 0.5) is 5.69 Å². The summed E-state index contributed by atoms with van der Waals surface area (Å²) < 4.78 is 5.22. The van der Waals surface area contributed by atoms with Crippen molar-refractivity contribution in [2.75, 3.05) is 19.0 Å². The molecule has 0 aliphatic rings. The number of hydrogen-bond acceptors (Lipinski definition) is 3. The molecule has 0 saturated heterocycles. The monoisotopic (exact) mass is 374 g/mol. The third-order valence-corrected chi connectivity index (χ3v) is 4.33. The van der Waals surface area contributed by atoms with Gasteiger partial charge in [-0.25, -0.2) is 0 Å². The van der Waals surface area contributed by atoms with E-state index in [-0.39, 0.29) is 18.4 Å². The largest absolute Gasteiger partial charge is 0.495 e. The molecule has 0 unspecified atom stereocenters. The highest BCUT2D eigenvalue weighted by molar-refractivity contribution is 5.97. The number of nitrogens with one attached hydrogen (secondary N) is 2. The molecule has 3 rings (SSSR count). The van der Waals surface area contributed by atoms with E-state index in [1.54, 1.807) is 18.2 Å². The van der Waals surface area contributed by atoms with E-state index in [0.29, 0.717) is 11.4 Å². The molecule has 5 heteroatoms. The smallest absolute Gasteiger partial charge is 0.243 e. The van der Waals surface area contributed by atoms with Gasteiger partial charge in [0.1, 0.15) is 5.75 Å². The molecule has 0 aliphatic heterocycles. The van der Waals surface area contributed by atoms with Gasteiger partial charge in [-0.3, -0.25) is 9.59 Å². The summed E-state index contributed by atoms with van der Waals surface area (Å²) in [6, 6.07) is 26.2. The van der Waals surface area contributed by atoms with Crippen molar-refractivity contribution in [3.63, 3.8) is 0 Å². The Labute approximate surface area is 164 Å². The van der Waals surface area contributed by atoms with Gasteiger partial charge in [0.15, 0.2) is 0 Å². The minimum Gasteiger partial charge on any atom is -0.495 e. The fraction of sp³-hybridized carbons (Fsp3) is 0.130. The lowest BCUT2D eigenvalue weighted by molar-refractivity contribution is -0.124. The normalized spacial score (nSPS) is 10.4. The summed E-state index contributed by atoms with van der Waals surface area (Å²) in [5.41, 5.74) is 2.31. The molecular weight excluding hydrogens is 352 g/mol. The van der Waals surface area contributed by atoms with Crippen LogP contribution in [-0.2, 0) is 9.59 Å². The summed E-state index contributed by atoms with van der Waals surface area (Å²) in [6.07, 6.45) is 0. The Morgan fingerprint density at radius 1 is 0.821 bits per heavy atom. The number of para-hydroxylation sites is 2. The molecular formula is C23H22N2O3. The van der Waals surface area contributed by atoms with Gasteiger partial charge in [-0.15, -0.1) is 0 Å². The SMILES string of the molecule is COc1ccccc1NC(=O)CNC(=O)C(c1ccccc1)c1ccccc1. The average molecular weight is 374 g/mol. The standard InChI is InChI=1S/C23H22N2O3/c1-28-20-15-9-8-14-19(20)25-21(26)16-24-23(27)22(17-10-4-2-5-11-17)18-12-6-3-7-13-18/h2-15,22H,16H2,1H3,(H,24,27)(H,25,26). The minimum absolute atomic E-state index is 0.132. The molecule has 2 N–H and O–H groups in total. The van der Waals surface area contributed by atoms with Crippen LogP contribution in [0.5, 0.6) is 5.75 Å². The molecule has 0 saturated carbocycles. The van der Waals surface area contributed by atoms with E-state index in [9.17, 15) is 9.59 Å². The fourth-order valence-electron chi connectivity index (χ4n) is 3.00. The van der Waals surface area contributed by atoms with E-state index in [1.807, 2.05) is 66.7 Å². The first-order valence-corrected chi connectivity index (χ1v) is 8.99. The van der Waals surface area contributed by atoms with Crippen LogP contribution < -0.4 is 15.4 Å². The zero-order chi connectivity index (χ0) is 19.8. The second kappa shape index (κ2) is 9.37. The second-order valence-electron chi connectivity index (χ2n) is 6.22. The van der Waals surface area contributed by atoms with Gasteiger partial charge in [0.2, 0.25) is 11.8 Å². The molecule has 0 spiro atoms. The van der Waals surface area contributed by atoms with Gasteiger partial charge in [0.05, 0.1) is 25.3 Å². The van der Waals surface area contributed by atoms with Crippen molar-refractivity contribution >= 4 is 17.5 Å². The Balaban J connectivity index is 1.70. The van der Waals surface area contributed by atoms with Crippen molar-refractivity contribution in [3.05, 3.63) is 96.1 Å². The Hall–Kier alpha value is -3.60. The summed E-state index contributed by atoms with van der Waals surface area (Å²) >= 11 is 0. The van der Waals surface area contributed by atoms with E-state index in [1.165, 1.54) is 7.11 Å². The van der Waals surface area contributed by atoms with Crippen molar-refractivity contribution in [1.82, 2.24) is 5.32 Å². The molecule has 0 heterocycles. The number of anilines is 1. The molecule has 0 atom stereocenters. The second-order valence-corrected chi connectivity index (χ2v) is 6.22. The van der Waals surface area contributed by atoms with Crippen molar-refractivity contribution in [2.24, 2.45) is 0 Å². The van der Waals surface area contributed by atoms with Crippen LogP contribution in [0.25, 0.3) is 0 Å². The Morgan fingerprint density at radius 3 is 1.93 bits per heavy atom. The zero-order valence-electron chi connectivity index (χ0n) is 15.6. The maximum atomic E-state index is 12.9. The van der Waals surface area contributed by atoms with E-state index in [2.05, 4.69) is 10.6 Å². The van der Waals surface area contributed by atoms with Gasteiger partial charge in [0, 0.05) is 0 Å². The molecule has 0 aromatic heterocycles. The number of hydrogen-bond donors (Lipinski definition) is 2. The highest BCUT2D eigenvalue weighted by atomic mass is 16.5. The summed E-state index contributed by atoms with van der Waals surface area (Å²) in [4.78, 5) is 25.2. The molecule has 5 nitrogen and oxygen atoms in total. The average Bonchev–Trinajstić information content (AvgIpc) is 2.74. The first kappa shape index (κ1) is 19.2. The first-order valence-electron chi connectivity index (χ1n) is 8.99. The zero-order valence-corrected chi connectivity index (χ0v) is 15.6. The predicted octanol–water partition coefficient (Wildman–Crippen LogP) is 3.58. The number of rotatable bonds is 7. The van der Waals surface area contributed by atoms with Crippen molar-refractivity contribution in [2.45, 2.75) is 5.92 Å². The van der Waals surface area contributed by atoms with Gasteiger partial charge >= 0.3 is 0 Å². The summed E-state index contributed by atoms with van der Waals surface area (Å²) in [7, 11) is 1.54. The maximum Gasteiger partial charge on any atom is 0.243 e. The van der Waals surface area contributed by atoms with Crippen LogP contribution >= 0.6 is 0 Å². The molecule has 28 heavy (non-hydrogen) atoms. The van der Waals surface area contributed by atoms with Crippen LogP contribution in [0, 0.1) is 0 Å². The van der Waals surface area contributed by atoms with Crippen LogP contribution in [-0.4, -0.2) is 25.5 Å². The van der Waals surface area contributed by atoms with Gasteiger partial charge in [0.25, 0.3) is 0 Å². The van der Waals surface area contributed by atoms with E-state index < -0.39 is 5.92 Å². The Kier molecular flexibility index (Phi) is 6.41. The molecule has 3 aromatic rings. The lowest BCUT2D eigenvalue weighted by Gasteiger charge is -2.18. The molecule has 0 aliphatic carbocycles. The summed E-state index contributed by atoms with van der Waals surface area (Å²) in [6.45, 7) is -0.132. The summed E-state index contributed by atoms with van der Waals surface area (Å²) in [5.74, 6) is -0.472. The van der Waals surface area contributed by atoms with Crippen LogP contribution in [0.1, 0.15) is 17.0 Å². The highest BCUT2D eigenvalue weighted by Gasteiger charge is 2.22. The Morgan fingerprint density at radius 2 is 1.36 bits per heavy atom. The minimum atomic E-state index is -0.485. The lowest BCUT2D eigenvalue weighted by atomic mass is 9.90. The van der Waals surface area contributed by atoms with Crippen molar-refractivity contribution in [3.8, 4) is 5.75 Å². The van der Waals surface area contributed by atoms with Crippen LogP contribution in [0.15, 0.2) is 84.9 Å². The molecule has 3 aromatic carbocycles. The summed E-state index contributed by atoms with van der Waals surface area (Å²) in [5, 5.41) is 5.50. The van der Waals surface area contributed by atoms with Gasteiger partial charge in [-0.2, -0.15) is 0 Å². The molecule has 142 valence electrons.